The van der Waals surface area contributed by atoms with Crippen LogP contribution in [0.15, 0.2) is 4.34 Å². The lowest BCUT2D eigenvalue weighted by atomic mass is 10.2. The van der Waals surface area contributed by atoms with Crippen molar-refractivity contribution in [3.63, 3.8) is 0 Å². The molecule has 0 radical (unpaired) electrons. The fourth-order valence-electron chi connectivity index (χ4n) is 0.725. The highest BCUT2D eigenvalue weighted by Gasteiger charge is 2.04. The normalized spacial score (nSPS) is 10.1. The van der Waals surface area contributed by atoms with E-state index in [0.29, 0.717) is 11.7 Å². The molecular weight excluding hydrogens is 216 g/mol. The first-order chi connectivity index (χ1) is 6.72. The molecule has 0 bridgehead atoms. The summed E-state index contributed by atoms with van der Waals surface area (Å²) in [7, 11) is 0. The fraction of sp³-hybridized carbons (Fsp3) is 0.625. The number of aromatic nitrogens is 2. The summed E-state index contributed by atoms with van der Waals surface area (Å²) in [6, 6.07) is 2.06. The van der Waals surface area contributed by atoms with Gasteiger partial charge < -0.3 is 5.32 Å². The van der Waals surface area contributed by atoms with E-state index in [1.54, 1.807) is 0 Å². The highest BCUT2D eigenvalue weighted by molar-refractivity contribution is 8.01. The molecule has 14 heavy (non-hydrogen) atoms. The van der Waals surface area contributed by atoms with Crippen molar-refractivity contribution >= 4 is 28.2 Å². The van der Waals surface area contributed by atoms with Crippen molar-refractivity contribution < 1.29 is 0 Å². The van der Waals surface area contributed by atoms with E-state index < -0.39 is 0 Å². The van der Waals surface area contributed by atoms with Gasteiger partial charge in [-0.15, -0.1) is 10.2 Å². The van der Waals surface area contributed by atoms with E-state index in [-0.39, 0.29) is 0 Å². The maximum atomic E-state index is 8.38. The van der Waals surface area contributed by atoms with E-state index >= 15 is 0 Å². The van der Waals surface area contributed by atoms with Crippen molar-refractivity contribution in [3.8, 4) is 6.07 Å². The van der Waals surface area contributed by atoms with Gasteiger partial charge in [0.2, 0.25) is 5.13 Å². The van der Waals surface area contributed by atoms with Crippen LogP contribution in [0.25, 0.3) is 0 Å². The SMILES string of the molecule is CC(C)CNc1nnc(SCC#N)s1. The molecular formula is C8H12N4S2. The Bertz CT molecular complexity index is 315. The smallest absolute Gasteiger partial charge is 0.206 e. The molecule has 0 amide bonds. The highest BCUT2D eigenvalue weighted by Crippen LogP contribution is 2.24. The summed E-state index contributed by atoms with van der Waals surface area (Å²) in [5, 5.41) is 20.3. The van der Waals surface area contributed by atoms with E-state index in [1.165, 1.54) is 23.1 Å². The van der Waals surface area contributed by atoms with E-state index in [2.05, 4.69) is 35.4 Å². The van der Waals surface area contributed by atoms with Crippen LogP contribution in [0.1, 0.15) is 13.8 Å². The van der Waals surface area contributed by atoms with Gasteiger partial charge in [0.05, 0.1) is 11.8 Å². The van der Waals surface area contributed by atoms with Gasteiger partial charge in [-0.05, 0) is 5.92 Å². The average molecular weight is 228 g/mol. The summed E-state index contributed by atoms with van der Waals surface area (Å²) in [4.78, 5) is 0. The third-order valence-corrected chi connectivity index (χ3v) is 3.21. The lowest BCUT2D eigenvalue weighted by Gasteiger charge is -2.03. The lowest BCUT2D eigenvalue weighted by Crippen LogP contribution is -2.07. The van der Waals surface area contributed by atoms with Crippen LogP contribution >= 0.6 is 23.1 Å². The Kier molecular flexibility index (Phi) is 4.70. The molecule has 0 aliphatic heterocycles. The van der Waals surface area contributed by atoms with Gasteiger partial charge >= 0.3 is 0 Å². The molecule has 0 saturated carbocycles. The molecule has 0 spiro atoms. The topological polar surface area (TPSA) is 61.6 Å². The van der Waals surface area contributed by atoms with Crippen molar-refractivity contribution in [1.82, 2.24) is 10.2 Å². The number of nitrogens with one attached hydrogen (secondary N) is 1. The quantitative estimate of drug-likeness (QED) is 0.783. The van der Waals surface area contributed by atoms with E-state index in [0.717, 1.165) is 16.0 Å². The Hall–Kier alpha value is -0.800. The van der Waals surface area contributed by atoms with Crippen LogP contribution in [0.4, 0.5) is 5.13 Å². The van der Waals surface area contributed by atoms with E-state index in [1.807, 2.05) is 0 Å². The molecule has 1 rings (SSSR count). The molecule has 1 heterocycles. The molecule has 0 fully saturated rings. The standard InChI is InChI=1S/C8H12N4S2/c1-6(2)5-10-7-11-12-8(14-7)13-4-3-9/h6H,4-5H2,1-2H3,(H,10,11). The van der Waals surface area contributed by atoms with Crippen LogP contribution in [0, 0.1) is 17.2 Å². The Labute approximate surface area is 91.7 Å². The minimum absolute atomic E-state index is 0.429. The molecule has 76 valence electrons. The summed E-state index contributed by atoms with van der Waals surface area (Å²) >= 11 is 2.91. The summed E-state index contributed by atoms with van der Waals surface area (Å²) in [6.07, 6.45) is 0. The monoisotopic (exact) mass is 228 g/mol. The third kappa shape index (κ3) is 3.94. The number of nitriles is 1. The predicted octanol–water partition coefficient (Wildman–Crippen LogP) is 2.22. The van der Waals surface area contributed by atoms with Gasteiger partial charge in [0.15, 0.2) is 4.34 Å². The maximum absolute atomic E-state index is 8.38. The van der Waals surface area contributed by atoms with Crippen molar-refractivity contribution in [2.24, 2.45) is 5.92 Å². The molecule has 1 aromatic rings. The van der Waals surface area contributed by atoms with Crippen LogP contribution in [-0.4, -0.2) is 22.5 Å². The van der Waals surface area contributed by atoms with Gasteiger partial charge in [-0.25, -0.2) is 0 Å². The van der Waals surface area contributed by atoms with Gasteiger partial charge in [-0.2, -0.15) is 5.26 Å². The summed E-state index contributed by atoms with van der Waals surface area (Å²) < 4.78 is 0.845. The van der Waals surface area contributed by atoms with Gasteiger partial charge in [0, 0.05) is 6.54 Å². The first kappa shape index (κ1) is 11.3. The van der Waals surface area contributed by atoms with Crippen molar-refractivity contribution in [1.29, 1.82) is 5.26 Å². The zero-order chi connectivity index (χ0) is 10.4. The van der Waals surface area contributed by atoms with Gasteiger partial charge in [0.25, 0.3) is 0 Å². The summed E-state index contributed by atoms with van der Waals surface area (Å²) in [5.74, 6) is 1.02. The van der Waals surface area contributed by atoms with Gasteiger partial charge in [0.1, 0.15) is 0 Å². The molecule has 0 aliphatic carbocycles. The Morgan fingerprint density at radius 1 is 1.57 bits per heavy atom. The molecule has 0 aromatic carbocycles. The fourth-order valence-corrected chi connectivity index (χ4v) is 2.15. The zero-order valence-corrected chi connectivity index (χ0v) is 9.78. The number of hydrogen-bond donors (Lipinski definition) is 1. The molecule has 0 unspecified atom stereocenters. The van der Waals surface area contributed by atoms with Crippen molar-refractivity contribution in [3.05, 3.63) is 0 Å². The molecule has 1 aromatic heterocycles. The molecule has 1 N–H and O–H groups in total. The summed E-state index contributed by atoms with van der Waals surface area (Å²) in [5.41, 5.74) is 0. The second-order valence-corrected chi connectivity index (χ2v) is 5.29. The molecule has 4 nitrogen and oxygen atoms in total. The zero-order valence-electron chi connectivity index (χ0n) is 8.15. The van der Waals surface area contributed by atoms with Crippen LogP contribution < -0.4 is 5.32 Å². The highest BCUT2D eigenvalue weighted by atomic mass is 32.2. The summed E-state index contributed by atoms with van der Waals surface area (Å²) in [6.45, 7) is 5.18. The minimum atomic E-state index is 0.429. The molecule has 6 heteroatoms. The van der Waals surface area contributed by atoms with Crippen molar-refractivity contribution in [2.45, 2.75) is 18.2 Å². The largest absolute Gasteiger partial charge is 0.360 e. The number of nitrogens with zero attached hydrogens (tertiary/aromatic N) is 3. The number of rotatable bonds is 5. The Morgan fingerprint density at radius 2 is 2.36 bits per heavy atom. The number of hydrogen-bond acceptors (Lipinski definition) is 6. The Morgan fingerprint density at radius 3 is 3.00 bits per heavy atom. The van der Waals surface area contributed by atoms with Gasteiger partial charge in [-0.3, -0.25) is 0 Å². The number of anilines is 1. The first-order valence-electron chi connectivity index (χ1n) is 4.29. The molecule has 0 aliphatic rings. The first-order valence-corrected chi connectivity index (χ1v) is 6.09. The van der Waals surface area contributed by atoms with Crippen molar-refractivity contribution in [2.75, 3.05) is 17.6 Å². The van der Waals surface area contributed by atoms with E-state index in [4.69, 9.17) is 5.26 Å². The predicted molar refractivity (Wildman–Crippen MR) is 59.6 cm³/mol. The van der Waals surface area contributed by atoms with Gasteiger partial charge in [-0.1, -0.05) is 36.9 Å². The second kappa shape index (κ2) is 5.83. The lowest BCUT2D eigenvalue weighted by molar-refractivity contribution is 0.687. The molecule has 0 saturated heterocycles. The van der Waals surface area contributed by atoms with Crippen LogP contribution in [-0.2, 0) is 0 Å². The average Bonchev–Trinajstić information content (AvgIpc) is 2.59. The number of thioether (sulfide) groups is 1. The van der Waals surface area contributed by atoms with Crippen LogP contribution in [0.3, 0.4) is 0 Å². The van der Waals surface area contributed by atoms with Crippen LogP contribution in [0.5, 0.6) is 0 Å². The Balaban J connectivity index is 2.39. The molecule has 0 atom stereocenters. The van der Waals surface area contributed by atoms with Crippen LogP contribution in [0.2, 0.25) is 0 Å². The maximum Gasteiger partial charge on any atom is 0.206 e. The second-order valence-electron chi connectivity index (χ2n) is 3.09. The third-order valence-electron chi connectivity index (χ3n) is 1.33. The van der Waals surface area contributed by atoms with E-state index in [9.17, 15) is 0 Å². The minimum Gasteiger partial charge on any atom is -0.360 e.